The topological polar surface area (TPSA) is 194 Å². The molecule has 2 aliphatic heterocycles. The lowest BCUT2D eigenvalue weighted by atomic mass is 10.1. The number of morpholine rings is 1. The second-order valence-corrected chi connectivity index (χ2v) is 18.0. The van der Waals surface area contributed by atoms with Crippen LogP contribution in [0.5, 0.6) is 11.5 Å². The van der Waals surface area contributed by atoms with Gasteiger partial charge in [-0.25, -0.2) is 19.6 Å². The molecule has 3 aromatic rings. The van der Waals surface area contributed by atoms with Crippen molar-refractivity contribution < 1.29 is 43.2 Å². The van der Waals surface area contributed by atoms with Gasteiger partial charge in [0.2, 0.25) is 11.8 Å². The van der Waals surface area contributed by atoms with Crippen LogP contribution >= 0.6 is 22.9 Å². The van der Waals surface area contributed by atoms with Crippen molar-refractivity contribution in [2.75, 3.05) is 51.3 Å². The van der Waals surface area contributed by atoms with Crippen LogP contribution in [0.2, 0.25) is 5.02 Å². The molecule has 4 fully saturated rings. The van der Waals surface area contributed by atoms with Gasteiger partial charge in [0.15, 0.2) is 5.13 Å². The van der Waals surface area contributed by atoms with Gasteiger partial charge in [-0.05, 0) is 70.4 Å². The summed E-state index contributed by atoms with van der Waals surface area (Å²) in [6, 6.07) is 3.40. The van der Waals surface area contributed by atoms with Crippen LogP contribution in [-0.2, 0) is 23.9 Å². The Morgan fingerprint density at radius 3 is 2.53 bits per heavy atom. The summed E-state index contributed by atoms with van der Waals surface area (Å²) in [7, 11) is 0. The Bertz CT molecular complexity index is 2060. The molecule has 1 aromatic carbocycles. The number of fused-ring (bicyclic) bond motifs is 1. The average Bonchev–Trinajstić information content (AvgIpc) is 3.52. The van der Waals surface area contributed by atoms with Crippen molar-refractivity contribution >= 4 is 62.8 Å². The molecule has 0 radical (unpaired) electrons. The number of anilines is 1. The molecule has 18 heteroatoms. The summed E-state index contributed by atoms with van der Waals surface area (Å²) in [6.45, 7) is 13.7. The zero-order valence-electron chi connectivity index (χ0n) is 34.8. The second-order valence-electron chi connectivity index (χ2n) is 16.8. The Morgan fingerprint density at radius 2 is 1.85 bits per heavy atom. The number of aromatic nitrogens is 2. The molecule has 3 amide bonds. The zero-order valence-corrected chi connectivity index (χ0v) is 36.4. The van der Waals surface area contributed by atoms with Crippen molar-refractivity contribution in [3.8, 4) is 22.9 Å². The largest absolute Gasteiger partial charge is 0.491 e. The number of ether oxygens (including phenoxy) is 4. The van der Waals surface area contributed by atoms with Crippen LogP contribution in [0.4, 0.5) is 9.93 Å². The zero-order chi connectivity index (χ0) is 42.7. The van der Waals surface area contributed by atoms with Gasteiger partial charge in [-0.3, -0.25) is 14.5 Å². The summed E-state index contributed by atoms with van der Waals surface area (Å²) in [4.78, 5) is 66.9. The minimum Gasteiger partial charge on any atom is -0.491 e. The van der Waals surface area contributed by atoms with Gasteiger partial charge < -0.3 is 44.9 Å². The second kappa shape index (κ2) is 18.7. The fourth-order valence-electron chi connectivity index (χ4n) is 8.45. The maximum Gasteiger partial charge on any atom is 0.408 e. The highest BCUT2D eigenvalue weighted by atomic mass is 35.5. The molecule has 326 valence electrons. The minimum atomic E-state index is -1.41. The number of carbonyl (C=O) groups excluding carboxylic acids is 3. The van der Waals surface area contributed by atoms with Crippen molar-refractivity contribution in [1.82, 2.24) is 30.4 Å². The highest BCUT2D eigenvalue weighted by Crippen LogP contribution is 2.46. The molecular weight excluding hydrogens is 814 g/mol. The Labute approximate surface area is 359 Å². The summed E-state index contributed by atoms with van der Waals surface area (Å²) in [5, 5.41) is 22.4. The number of hydrogen-bond acceptors (Lipinski definition) is 13. The summed E-state index contributed by atoms with van der Waals surface area (Å²) < 4.78 is 24.0. The van der Waals surface area contributed by atoms with Crippen LogP contribution in [0.15, 0.2) is 23.6 Å². The van der Waals surface area contributed by atoms with Gasteiger partial charge in [-0.1, -0.05) is 31.9 Å². The SMILES string of the molecule is CCC1C[C@]1(NC(=O)[C@@H]1C[C@@H](Oc2cc(-c3csc(NC(C)C)n3)nc3c(Cl)c(OCCN4CCOCC4)ccc23)CN1C(=O)[C@H](C)NC(=O)O[C@H]1CC[C@H](C)C1)C(=O)O. The predicted octanol–water partition coefficient (Wildman–Crippen LogP) is 5.56. The molecule has 7 atom stereocenters. The number of pyridine rings is 1. The normalized spacial score (nSPS) is 25.9. The van der Waals surface area contributed by atoms with Crippen LogP contribution < -0.4 is 25.4 Å². The number of nitrogens with zero attached hydrogens (tertiary/aromatic N) is 4. The third-order valence-electron chi connectivity index (χ3n) is 11.9. The number of amides is 3. The molecule has 0 spiro atoms. The van der Waals surface area contributed by atoms with Crippen molar-refractivity contribution in [3.63, 3.8) is 0 Å². The number of carboxylic acids is 1. The maximum absolute atomic E-state index is 14.2. The Kier molecular flexibility index (Phi) is 13.6. The van der Waals surface area contributed by atoms with Crippen molar-refractivity contribution in [2.45, 2.75) is 109 Å². The van der Waals surface area contributed by atoms with Gasteiger partial charge in [0.25, 0.3) is 0 Å². The smallest absolute Gasteiger partial charge is 0.408 e. The molecule has 7 rings (SSSR count). The van der Waals surface area contributed by atoms with E-state index >= 15 is 0 Å². The highest BCUT2D eigenvalue weighted by Gasteiger charge is 2.61. The number of halogens is 1. The Hall–Kier alpha value is -4.45. The number of hydrogen-bond donors (Lipinski definition) is 4. The van der Waals surface area contributed by atoms with Crippen molar-refractivity contribution in [3.05, 3.63) is 28.6 Å². The average molecular weight is 870 g/mol. The molecule has 0 bridgehead atoms. The van der Waals surface area contributed by atoms with E-state index in [0.29, 0.717) is 83.9 Å². The molecule has 4 N–H and O–H groups in total. The number of aliphatic carboxylic acids is 1. The number of alkyl carbamates (subject to hydrolysis) is 1. The maximum atomic E-state index is 14.2. The number of rotatable bonds is 16. The highest BCUT2D eigenvalue weighted by molar-refractivity contribution is 7.14. The Balaban J connectivity index is 1.16. The number of carboxylic acid groups (broad SMARTS) is 1. The molecule has 2 saturated heterocycles. The third kappa shape index (κ3) is 9.85. The van der Waals surface area contributed by atoms with Crippen molar-refractivity contribution in [1.29, 1.82) is 0 Å². The van der Waals surface area contributed by atoms with Gasteiger partial charge in [0.05, 0.1) is 31.0 Å². The Morgan fingerprint density at radius 1 is 1.07 bits per heavy atom. The van der Waals surface area contributed by atoms with E-state index in [1.807, 2.05) is 32.2 Å². The van der Waals surface area contributed by atoms with Crippen molar-refractivity contribution in [2.24, 2.45) is 11.8 Å². The van der Waals surface area contributed by atoms with E-state index in [4.69, 9.17) is 40.5 Å². The summed E-state index contributed by atoms with van der Waals surface area (Å²) in [5.41, 5.74) is 0.110. The number of carbonyl (C=O) groups is 4. The fourth-order valence-corrected chi connectivity index (χ4v) is 9.56. The first kappa shape index (κ1) is 43.6. The molecule has 2 aromatic heterocycles. The lowest BCUT2D eigenvalue weighted by molar-refractivity contribution is -0.145. The summed E-state index contributed by atoms with van der Waals surface area (Å²) in [5.74, 6) is -1.16. The van der Waals surface area contributed by atoms with E-state index in [2.05, 4.69) is 27.8 Å². The summed E-state index contributed by atoms with van der Waals surface area (Å²) in [6.07, 6.45) is 1.74. The summed E-state index contributed by atoms with van der Waals surface area (Å²) >= 11 is 8.50. The number of nitrogens with one attached hydrogen (secondary N) is 3. The van der Waals surface area contributed by atoms with Crippen LogP contribution in [-0.4, -0.2) is 131 Å². The van der Waals surface area contributed by atoms with Gasteiger partial charge in [0, 0.05) is 48.9 Å². The third-order valence-corrected chi connectivity index (χ3v) is 13.0. The van der Waals surface area contributed by atoms with Gasteiger partial charge in [-0.2, -0.15) is 0 Å². The number of likely N-dealkylation sites (tertiary alicyclic amines) is 1. The first-order chi connectivity index (χ1) is 28.7. The lowest BCUT2D eigenvalue weighted by Gasteiger charge is -2.28. The molecular formula is C42H56ClN7O9S. The van der Waals surface area contributed by atoms with E-state index in [1.165, 1.54) is 23.2 Å². The van der Waals surface area contributed by atoms with E-state index < -0.39 is 47.6 Å². The monoisotopic (exact) mass is 869 g/mol. The molecule has 4 aliphatic rings. The van der Waals surface area contributed by atoms with Gasteiger partial charge in [0.1, 0.15) is 58.7 Å². The van der Waals surface area contributed by atoms with E-state index in [1.54, 1.807) is 12.1 Å². The molecule has 2 aliphatic carbocycles. The number of benzene rings is 1. The standard InChI is InChI=1S/C42H56ClN7O9S/c1-6-26-20-42(26,39(53)54)48-37(51)32-18-28(21-50(32)38(52)25(5)45-41(55)59-27-8-7-24(4)17-27)58-34-19-30(31-22-60-40(47-31)44-23(2)3)46-36-29(34)9-10-33(35(36)43)57-16-13-49-11-14-56-15-12-49/h9-10,19,22-28,32H,6-8,11-18,20-21H2,1-5H3,(H,44,47)(H,45,55)(H,48,51)(H,53,54)/t24-,25-,26?,27-,28+,32-,42+/m0/s1. The van der Waals surface area contributed by atoms with E-state index in [0.717, 1.165) is 37.5 Å². The van der Waals surface area contributed by atoms with Crippen LogP contribution in [0.25, 0.3) is 22.3 Å². The molecule has 1 unspecified atom stereocenters. The fraction of sp³-hybridized carbons (Fsp3) is 0.619. The van der Waals surface area contributed by atoms with Crippen LogP contribution in [0.3, 0.4) is 0 Å². The first-order valence-corrected chi connectivity index (χ1v) is 22.3. The predicted molar refractivity (Wildman–Crippen MR) is 227 cm³/mol. The van der Waals surface area contributed by atoms with Gasteiger partial charge in [-0.15, -0.1) is 11.3 Å². The molecule has 4 heterocycles. The first-order valence-electron chi connectivity index (χ1n) is 21.0. The minimum absolute atomic E-state index is 0.0236. The number of thiazole rings is 1. The van der Waals surface area contributed by atoms with E-state index in [-0.39, 0.29) is 31.0 Å². The molecule has 16 nitrogen and oxygen atoms in total. The quantitative estimate of drug-likeness (QED) is 0.140. The van der Waals surface area contributed by atoms with Crippen LogP contribution in [0, 0.1) is 11.8 Å². The lowest BCUT2D eigenvalue weighted by Crippen LogP contribution is -2.56. The van der Waals surface area contributed by atoms with Gasteiger partial charge >= 0.3 is 12.1 Å². The van der Waals surface area contributed by atoms with Crippen LogP contribution in [0.1, 0.15) is 73.1 Å². The molecule has 2 saturated carbocycles. The molecule has 60 heavy (non-hydrogen) atoms. The van der Waals surface area contributed by atoms with E-state index in [9.17, 15) is 24.3 Å².